The fourth-order valence-electron chi connectivity index (χ4n) is 2.51. The molecule has 0 amide bonds. The first kappa shape index (κ1) is 15.4. The van der Waals surface area contributed by atoms with Gasteiger partial charge in [0.25, 0.3) is 0 Å². The summed E-state index contributed by atoms with van der Waals surface area (Å²) in [5.41, 5.74) is 1.29. The molecule has 7 nitrogen and oxygen atoms in total. The number of aryl methyl sites for hydroxylation is 2. The highest BCUT2D eigenvalue weighted by molar-refractivity contribution is 7.99. The maximum absolute atomic E-state index is 5.38. The molecule has 0 radical (unpaired) electrons. The van der Waals surface area contributed by atoms with Gasteiger partial charge in [-0.3, -0.25) is 9.25 Å². The Morgan fingerprint density at radius 1 is 1.23 bits per heavy atom. The van der Waals surface area contributed by atoms with E-state index in [9.17, 15) is 0 Å². The second-order valence-electron chi connectivity index (χ2n) is 5.42. The van der Waals surface area contributed by atoms with E-state index in [1.165, 1.54) is 5.56 Å². The Labute approximate surface area is 134 Å². The van der Waals surface area contributed by atoms with Crippen LogP contribution in [0.3, 0.4) is 0 Å². The van der Waals surface area contributed by atoms with Gasteiger partial charge in [-0.15, -0.1) is 10.2 Å². The number of nitrogens with zero attached hydrogens (tertiary/aromatic N) is 6. The number of ether oxygens (including phenoxy) is 1. The number of rotatable bonds is 6. The summed E-state index contributed by atoms with van der Waals surface area (Å²) in [4.78, 5) is 2.23. The Morgan fingerprint density at radius 3 is 2.77 bits per heavy atom. The first-order valence-electron chi connectivity index (χ1n) is 7.56. The molecule has 22 heavy (non-hydrogen) atoms. The molecule has 120 valence electrons. The Kier molecular flexibility index (Phi) is 4.99. The largest absolute Gasteiger partial charge is 0.378 e. The van der Waals surface area contributed by atoms with E-state index in [2.05, 4.69) is 31.0 Å². The number of hydrogen-bond acceptors (Lipinski definition) is 6. The zero-order valence-corrected chi connectivity index (χ0v) is 13.9. The smallest absolute Gasteiger partial charge is 0.227 e. The summed E-state index contributed by atoms with van der Waals surface area (Å²) >= 11 is 1.76. The third-order valence-electron chi connectivity index (χ3n) is 3.71. The standard InChI is InChI=1S/C14H22N6OS/c1-18-11-12(10-15-18)4-3-9-22-14-17-16-13(19(14)2)20-5-7-21-8-6-20/h10-11H,3-9H2,1-2H3. The van der Waals surface area contributed by atoms with Gasteiger partial charge in [0.2, 0.25) is 5.95 Å². The van der Waals surface area contributed by atoms with Crippen molar-refractivity contribution in [2.45, 2.75) is 18.0 Å². The van der Waals surface area contributed by atoms with Crippen LogP contribution in [0, 0.1) is 0 Å². The van der Waals surface area contributed by atoms with Gasteiger partial charge in [0.05, 0.1) is 19.4 Å². The van der Waals surface area contributed by atoms with Gasteiger partial charge in [-0.1, -0.05) is 11.8 Å². The third kappa shape index (κ3) is 3.61. The van der Waals surface area contributed by atoms with E-state index < -0.39 is 0 Å². The molecular weight excluding hydrogens is 300 g/mol. The van der Waals surface area contributed by atoms with Crippen molar-refractivity contribution in [3.63, 3.8) is 0 Å². The maximum atomic E-state index is 5.38. The molecule has 1 aliphatic heterocycles. The van der Waals surface area contributed by atoms with E-state index in [0.29, 0.717) is 0 Å². The molecule has 0 unspecified atom stereocenters. The highest BCUT2D eigenvalue weighted by Gasteiger charge is 2.18. The SMILES string of the molecule is Cn1cc(CCCSc2nnc(N3CCOCC3)n2C)cn1. The van der Waals surface area contributed by atoms with Crippen molar-refractivity contribution in [2.75, 3.05) is 37.0 Å². The molecule has 0 bridgehead atoms. The second-order valence-corrected chi connectivity index (χ2v) is 6.48. The van der Waals surface area contributed by atoms with Crippen LogP contribution >= 0.6 is 11.8 Å². The van der Waals surface area contributed by atoms with Gasteiger partial charge >= 0.3 is 0 Å². The van der Waals surface area contributed by atoms with E-state index in [-0.39, 0.29) is 0 Å². The number of thioether (sulfide) groups is 1. The predicted octanol–water partition coefficient (Wildman–Crippen LogP) is 1.11. The van der Waals surface area contributed by atoms with Gasteiger partial charge in [-0.25, -0.2) is 0 Å². The van der Waals surface area contributed by atoms with Crippen LogP contribution in [0.15, 0.2) is 17.6 Å². The van der Waals surface area contributed by atoms with Gasteiger partial charge in [-0.2, -0.15) is 5.10 Å². The summed E-state index contributed by atoms with van der Waals surface area (Å²) in [6.07, 6.45) is 6.16. The van der Waals surface area contributed by atoms with E-state index in [4.69, 9.17) is 4.74 Å². The predicted molar refractivity (Wildman–Crippen MR) is 86.3 cm³/mol. The molecule has 0 aliphatic carbocycles. The van der Waals surface area contributed by atoms with Gasteiger partial charge in [0, 0.05) is 39.1 Å². The second kappa shape index (κ2) is 7.15. The monoisotopic (exact) mass is 322 g/mol. The van der Waals surface area contributed by atoms with E-state index in [1.807, 2.05) is 25.0 Å². The summed E-state index contributed by atoms with van der Waals surface area (Å²) in [5, 5.41) is 13.8. The minimum absolute atomic E-state index is 0.764. The number of aromatic nitrogens is 5. The van der Waals surface area contributed by atoms with Crippen molar-refractivity contribution >= 4 is 17.7 Å². The molecule has 0 saturated carbocycles. The quantitative estimate of drug-likeness (QED) is 0.586. The first-order valence-corrected chi connectivity index (χ1v) is 8.55. The minimum atomic E-state index is 0.764. The molecule has 1 aliphatic rings. The zero-order valence-electron chi connectivity index (χ0n) is 13.1. The van der Waals surface area contributed by atoms with Crippen LogP contribution in [0.5, 0.6) is 0 Å². The molecule has 2 aromatic heterocycles. The van der Waals surface area contributed by atoms with Gasteiger partial charge in [0.1, 0.15) is 0 Å². The van der Waals surface area contributed by atoms with E-state index in [1.54, 1.807) is 11.8 Å². The Hall–Kier alpha value is -1.54. The minimum Gasteiger partial charge on any atom is -0.378 e. The average molecular weight is 322 g/mol. The topological polar surface area (TPSA) is 61.0 Å². The van der Waals surface area contributed by atoms with Gasteiger partial charge in [0.15, 0.2) is 5.16 Å². The van der Waals surface area contributed by atoms with Crippen LogP contribution in [0.1, 0.15) is 12.0 Å². The molecule has 1 saturated heterocycles. The van der Waals surface area contributed by atoms with E-state index >= 15 is 0 Å². The molecular formula is C14H22N6OS. The van der Waals surface area contributed by atoms with Gasteiger partial charge < -0.3 is 9.64 Å². The summed E-state index contributed by atoms with van der Waals surface area (Å²) < 4.78 is 9.31. The average Bonchev–Trinajstić information content (AvgIpc) is 3.11. The molecule has 0 N–H and O–H groups in total. The van der Waals surface area contributed by atoms with Crippen LogP contribution < -0.4 is 4.90 Å². The van der Waals surface area contributed by atoms with Crippen LogP contribution in [0.4, 0.5) is 5.95 Å². The highest BCUT2D eigenvalue weighted by Crippen LogP contribution is 2.22. The van der Waals surface area contributed by atoms with Crippen LogP contribution in [0.25, 0.3) is 0 Å². The summed E-state index contributed by atoms with van der Waals surface area (Å²) in [5.74, 6) is 1.97. The fourth-order valence-corrected chi connectivity index (χ4v) is 3.36. The van der Waals surface area contributed by atoms with Crippen molar-refractivity contribution in [2.24, 2.45) is 14.1 Å². The third-order valence-corrected chi connectivity index (χ3v) is 4.81. The molecule has 3 heterocycles. The number of hydrogen-bond donors (Lipinski definition) is 0. The lowest BCUT2D eigenvalue weighted by Crippen LogP contribution is -2.37. The molecule has 0 aromatic carbocycles. The lowest BCUT2D eigenvalue weighted by molar-refractivity contribution is 0.121. The summed E-state index contributed by atoms with van der Waals surface area (Å²) in [6.45, 7) is 3.30. The van der Waals surface area contributed by atoms with Crippen LogP contribution in [0.2, 0.25) is 0 Å². The Bertz CT molecular complexity index is 604. The summed E-state index contributed by atoms with van der Waals surface area (Å²) in [7, 11) is 3.99. The normalized spacial score (nSPS) is 15.5. The molecule has 3 rings (SSSR count). The highest BCUT2D eigenvalue weighted by atomic mass is 32.2. The van der Waals surface area contributed by atoms with E-state index in [0.717, 1.165) is 56.0 Å². The zero-order chi connectivity index (χ0) is 15.4. The van der Waals surface area contributed by atoms with Crippen LogP contribution in [-0.2, 0) is 25.3 Å². The van der Waals surface area contributed by atoms with Crippen molar-refractivity contribution in [3.8, 4) is 0 Å². The lowest BCUT2D eigenvalue weighted by atomic mass is 10.2. The number of anilines is 1. The maximum Gasteiger partial charge on any atom is 0.227 e. The fraction of sp³-hybridized carbons (Fsp3) is 0.643. The number of morpholine rings is 1. The first-order chi connectivity index (χ1) is 10.7. The molecule has 1 fully saturated rings. The van der Waals surface area contributed by atoms with Crippen molar-refractivity contribution in [3.05, 3.63) is 18.0 Å². The van der Waals surface area contributed by atoms with Crippen molar-refractivity contribution < 1.29 is 4.74 Å². The molecule has 8 heteroatoms. The molecule has 2 aromatic rings. The van der Waals surface area contributed by atoms with Crippen LogP contribution in [-0.4, -0.2) is 56.6 Å². The molecule has 0 spiro atoms. The summed E-state index contributed by atoms with van der Waals surface area (Å²) in [6, 6.07) is 0. The molecule has 0 atom stereocenters. The van der Waals surface area contributed by atoms with Crippen molar-refractivity contribution in [1.29, 1.82) is 0 Å². The Morgan fingerprint density at radius 2 is 2.05 bits per heavy atom. The Balaban J connectivity index is 1.49. The lowest BCUT2D eigenvalue weighted by Gasteiger charge is -2.27. The van der Waals surface area contributed by atoms with Gasteiger partial charge in [-0.05, 0) is 18.4 Å². The van der Waals surface area contributed by atoms with Crippen molar-refractivity contribution in [1.82, 2.24) is 24.5 Å².